The van der Waals surface area contributed by atoms with Crippen LogP contribution in [0, 0.1) is 5.92 Å². The van der Waals surface area contributed by atoms with Crippen LogP contribution in [0.25, 0.3) is 0 Å². The molecule has 2 fully saturated rings. The van der Waals surface area contributed by atoms with E-state index >= 15 is 0 Å². The summed E-state index contributed by atoms with van der Waals surface area (Å²) in [5.74, 6) is -0.189. The molecule has 1 aromatic heterocycles. The molecule has 3 atom stereocenters. The lowest BCUT2D eigenvalue weighted by Crippen LogP contribution is -2.46. The summed E-state index contributed by atoms with van der Waals surface area (Å²) in [6.07, 6.45) is 4.42. The third-order valence-electron chi connectivity index (χ3n) is 4.78. The van der Waals surface area contributed by atoms with Gasteiger partial charge in [-0.2, -0.15) is 5.10 Å². The van der Waals surface area contributed by atoms with E-state index in [1.165, 1.54) is 5.69 Å². The van der Waals surface area contributed by atoms with Crippen molar-refractivity contribution in [3.8, 4) is 0 Å². The van der Waals surface area contributed by atoms with Crippen molar-refractivity contribution >= 4 is 5.97 Å². The van der Waals surface area contributed by atoms with E-state index in [4.69, 9.17) is 0 Å². The van der Waals surface area contributed by atoms with E-state index < -0.39 is 11.5 Å². The highest BCUT2D eigenvalue weighted by molar-refractivity contribution is 5.80. The average molecular weight is 233 g/mol. The van der Waals surface area contributed by atoms with Gasteiger partial charge in [-0.25, -0.2) is 0 Å². The monoisotopic (exact) mass is 233 g/mol. The van der Waals surface area contributed by atoms with E-state index in [9.17, 15) is 9.90 Å². The van der Waals surface area contributed by atoms with Crippen molar-refractivity contribution < 1.29 is 9.90 Å². The van der Waals surface area contributed by atoms with Gasteiger partial charge in [-0.1, -0.05) is 0 Å². The molecule has 1 aromatic rings. The lowest BCUT2D eigenvalue weighted by atomic mass is 9.89. The van der Waals surface area contributed by atoms with Crippen LogP contribution in [0.15, 0.2) is 12.3 Å². The van der Waals surface area contributed by atoms with Gasteiger partial charge in [0, 0.05) is 25.2 Å². The van der Waals surface area contributed by atoms with E-state index in [0.717, 1.165) is 32.4 Å². The number of nitrogens with zero attached hydrogens (tertiary/aromatic N) is 3. The Labute approximate surface area is 99.0 Å². The topological polar surface area (TPSA) is 58.4 Å². The summed E-state index contributed by atoms with van der Waals surface area (Å²) in [6.45, 7) is 1.80. The van der Waals surface area contributed by atoms with Crippen molar-refractivity contribution in [2.24, 2.45) is 5.92 Å². The zero-order valence-corrected chi connectivity index (χ0v) is 9.54. The van der Waals surface area contributed by atoms with E-state index in [0.29, 0.717) is 5.92 Å². The fraction of sp³-hybridized carbons (Fsp3) is 0.667. The predicted octanol–water partition coefficient (Wildman–Crippen LogP) is 0.877. The van der Waals surface area contributed by atoms with Gasteiger partial charge in [0.15, 0.2) is 0 Å². The van der Waals surface area contributed by atoms with Gasteiger partial charge in [0.2, 0.25) is 0 Å². The molecule has 0 bridgehead atoms. The second-order valence-electron chi connectivity index (χ2n) is 5.48. The molecule has 5 heteroatoms. The second-order valence-corrected chi connectivity index (χ2v) is 5.48. The molecule has 0 aromatic carbocycles. The van der Waals surface area contributed by atoms with Crippen LogP contribution in [0.2, 0.25) is 0 Å². The van der Waals surface area contributed by atoms with Crippen molar-refractivity contribution in [2.75, 3.05) is 6.54 Å². The number of hydrogen-bond donors (Lipinski definition) is 1. The van der Waals surface area contributed by atoms with Gasteiger partial charge in [0.25, 0.3) is 0 Å². The summed E-state index contributed by atoms with van der Waals surface area (Å²) >= 11 is 0. The molecule has 4 heterocycles. The first-order valence-corrected chi connectivity index (χ1v) is 6.24. The van der Waals surface area contributed by atoms with Gasteiger partial charge < -0.3 is 5.11 Å². The van der Waals surface area contributed by atoms with E-state index in [-0.39, 0.29) is 6.04 Å². The first kappa shape index (κ1) is 9.65. The van der Waals surface area contributed by atoms with E-state index in [2.05, 4.69) is 10.00 Å². The summed E-state index contributed by atoms with van der Waals surface area (Å²) < 4.78 is 2.04. The number of carboxylic acids is 1. The lowest BCUT2D eigenvalue weighted by molar-refractivity contribution is -0.148. The van der Waals surface area contributed by atoms with Crippen LogP contribution >= 0.6 is 0 Å². The summed E-state index contributed by atoms with van der Waals surface area (Å²) in [7, 11) is 0. The molecule has 0 unspecified atom stereocenters. The van der Waals surface area contributed by atoms with Crippen LogP contribution in [-0.2, 0) is 11.3 Å². The van der Waals surface area contributed by atoms with Crippen molar-refractivity contribution in [3.63, 3.8) is 0 Å². The quantitative estimate of drug-likeness (QED) is 0.782. The van der Waals surface area contributed by atoms with Crippen LogP contribution < -0.4 is 0 Å². The van der Waals surface area contributed by atoms with E-state index in [1.807, 2.05) is 16.9 Å². The largest absolute Gasteiger partial charge is 0.480 e. The number of aliphatic carboxylic acids is 1. The van der Waals surface area contributed by atoms with Crippen molar-refractivity contribution in [3.05, 3.63) is 18.0 Å². The summed E-state index contributed by atoms with van der Waals surface area (Å²) in [4.78, 5) is 13.8. The molecule has 17 heavy (non-hydrogen) atoms. The number of aromatic nitrogens is 2. The number of hydrogen-bond acceptors (Lipinski definition) is 3. The molecule has 2 saturated heterocycles. The first-order valence-electron chi connectivity index (χ1n) is 6.24. The smallest absolute Gasteiger partial charge is 0.324 e. The molecule has 1 N–H and O–H groups in total. The fourth-order valence-electron chi connectivity index (χ4n) is 4.18. The van der Waals surface area contributed by atoms with Crippen molar-refractivity contribution in [1.82, 2.24) is 14.7 Å². The molecule has 0 aliphatic carbocycles. The Hall–Kier alpha value is -1.36. The summed E-state index contributed by atoms with van der Waals surface area (Å²) in [5, 5.41) is 13.9. The molecule has 0 radical (unpaired) electrons. The molecule has 90 valence electrons. The summed E-state index contributed by atoms with van der Waals surface area (Å²) in [6, 6.07) is 2.33. The van der Waals surface area contributed by atoms with Crippen LogP contribution in [0.5, 0.6) is 0 Å². The minimum Gasteiger partial charge on any atom is -0.480 e. The van der Waals surface area contributed by atoms with Gasteiger partial charge in [-0.3, -0.25) is 14.4 Å². The number of rotatable bonds is 1. The SMILES string of the molecule is O=C(O)[C@]12CCCN1[C@H]1c3ccnn3C[C@H]1C2. The fourth-order valence-corrected chi connectivity index (χ4v) is 4.18. The van der Waals surface area contributed by atoms with Crippen molar-refractivity contribution in [1.29, 1.82) is 0 Å². The zero-order valence-electron chi connectivity index (χ0n) is 9.54. The van der Waals surface area contributed by atoms with Gasteiger partial charge >= 0.3 is 5.97 Å². The Bertz CT molecular complexity index is 498. The van der Waals surface area contributed by atoms with Crippen molar-refractivity contribution in [2.45, 2.75) is 37.4 Å². The normalized spacial score (nSPS) is 39.1. The van der Waals surface area contributed by atoms with Crippen LogP contribution in [0.1, 0.15) is 31.0 Å². The predicted molar refractivity (Wildman–Crippen MR) is 59.4 cm³/mol. The molecule has 4 rings (SSSR count). The Balaban J connectivity index is 1.81. The van der Waals surface area contributed by atoms with E-state index in [1.54, 1.807) is 0 Å². The molecular weight excluding hydrogens is 218 g/mol. The minimum atomic E-state index is -0.629. The Morgan fingerprint density at radius 2 is 2.47 bits per heavy atom. The molecule has 0 saturated carbocycles. The third-order valence-corrected chi connectivity index (χ3v) is 4.78. The molecule has 3 aliphatic heterocycles. The minimum absolute atomic E-state index is 0.288. The maximum absolute atomic E-state index is 11.6. The Morgan fingerprint density at radius 1 is 1.59 bits per heavy atom. The van der Waals surface area contributed by atoms with Crippen LogP contribution in [0.4, 0.5) is 0 Å². The molecule has 0 spiro atoms. The molecule has 3 aliphatic rings. The van der Waals surface area contributed by atoms with Gasteiger partial charge in [0.1, 0.15) is 5.54 Å². The highest BCUT2D eigenvalue weighted by atomic mass is 16.4. The number of carboxylic acid groups (broad SMARTS) is 1. The lowest BCUT2D eigenvalue weighted by Gasteiger charge is -2.30. The van der Waals surface area contributed by atoms with Gasteiger partial charge in [-0.15, -0.1) is 0 Å². The zero-order chi connectivity index (χ0) is 11.6. The first-order chi connectivity index (χ1) is 8.22. The van der Waals surface area contributed by atoms with Crippen LogP contribution in [-0.4, -0.2) is 37.8 Å². The molecule has 0 amide bonds. The van der Waals surface area contributed by atoms with Gasteiger partial charge in [0.05, 0.1) is 11.7 Å². The van der Waals surface area contributed by atoms with Crippen LogP contribution in [0.3, 0.4) is 0 Å². The third kappa shape index (κ3) is 0.989. The Kier molecular flexibility index (Phi) is 1.65. The molecule has 5 nitrogen and oxygen atoms in total. The molecular formula is C12H15N3O2. The number of carbonyl (C=O) groups is 1. The maximum atomic E-state index is 11.6. The highest BCUT2D eigenvalue weighted by Crippen LogP contribution is 2.54. The standard InChI is InChI=1S/C12H15N3O2/c16-11(17)12-3-1-5-14(12)10-8(6-12)7-15-9(10)2-4-13-15/h2,4,8,10H,1,3,5-7H2,(H,16,17)/t8-,10-,12-/m1/s1. The maximum Gasteiger partial charge on any atom is 0.324 e. The average Bonchev–Trinajstić information content (AvgIpc) is 2.91. The van der Waals surface area contributed by atoms with Gasteiger partial charge in [-0.05, 0) is 25.3 Å². The second kappa shape index (κ2) is 2.90. The highest BCUT2D eigenvalue weighted by Gasteiger charge is 2.61. The Morgan fingerprint density at radius 3 is 3.29 bits per heavy atom. The number of fused-ring (bicyclic) bond motifs is 5. The summed E-state index contributed by atoms with van der Waals surface area (Å²) in [5.41, 5.74) is 0.630.